The zero-order valence-corrected chi connectivity index (χ0v) is 18.2. The number of anilines is 1. The number of nitrogens with one attached hydrogen (secondary N) is 1. The lowest BCUT2D eigenvalue weighted by molar-refractivity contribution is 0.0789. The number of nitrogens with two attached hydrogens (primary N) is 2. The van der Waals surface area contributed by atoms with Crippen LogP contribution in [0.1, 0.15) is 67.6 Å². The minimum absolute atomic E-state index is 0.466. The number of fused-ring (bicyclic) bond motifs is 2. The molecule has 0 fully saturated rings. The predicted molar refractivity (Wildman–Crippen MR) is 116 cm³/mol. The van der Waals surface area contributed by atoms with Crippen molar-refractivity contribution in [3.05, 3.63) is 39.5 Å². The topological polar surface area (TPSA) is 114 Å². The summed E-state index contributed by atoms with van der Waals surface area (Å²) in [4.78, 5) is 15.9. The molecular formula is C20H28N4O2S2. The fourth-order valence-corrected chi connectivity index (χ4v) is 5.13. The first-order valence-corrected chi connectivity index (χ1v) is 11.3. The normalized spacial score (nSPS) is 17.5. The first-order valence-electron chi connectivity index (χ1n) is 9.49. The SMILES string of the molecule is CC(C)(O)c1csc(SN)c1.CC1CCc2c1nc1c(c2NC(N)=O)CCC1. The Morgan fingerprint density at radius 3 is 2.68 bits per heavy atom. The molecule has 2 aromatic rings. The van der Waals surface area contributed by atoms with E-state index < -0.39 is 11.6 Å². The van der Waals surface area contributed by atoms with Crippen molar-refractivity contribution in [3.8, 4) is 0 Å². The van der Waals surface area contributed by atoms with Gasteiger partial charge in [-0.2, -0.15) is 0 Å². The van der Waals surface area contributed by atoms with Crippen LogP contribution in [-0.4, -0.2) is 16.1 Å². The largest absolute Gasteiger partial charge is 0.386 e. The molecule has 8 heteroatoms. The number of carbonyl (C=O) groups excluding carboxylic acids is 1. The van der Waals surface area contributed by atoms with E-state index in [9.17, 15) is 9.90 Å². The van der Waals surface area contributed by atoms with Gasteiger partial charge < -0.3 is 16.2 Å². The Morgan fingerprint density at radius 1 is 1.36 bits per heavy atom. The highest BCUT2D eigenvalue weighted by atomic mass is 32.2. The van der Waals surface area contributed by atoms with Gasteiger partial charge in [0.25, 0.3) is 0 Å². The lowest BCUT2D eigenvalue weighted by Gasteiger charge is -2.14. The lowest BCUT2D eigenvalue weighted by atomic mass is 10.0. The summed E-state index contributed by atoms with van der Waals surface area (Å²) >= 11 is 2.77. The molecule has 6 nitrogen and oxygen atoms in total. The zero-order chi connectivity index (χ0) is 20.5. The Morgan fingerprint density at radius 2 is 2.11 bits per heavy atom. The van der Waals surface area contributed by atoms with Gasteiger partial charge in [-0.25, -0.2) is 4.79 Å². The third kappa shape index (κ3) is 4.51. The molecule has 0 radical (unpaired) electrons. The van der Waals surface area contributed by atoms with Crippen LogP contribution in [0.3, 0.4) is 0 Å². The summed E-state index contributed by atoms with van der Waals surface area (Å²) in [7, 11) is 0. The van der Waals surface area contributed by atoms with Gasteiger partial charge in [0.1, 0.15) is 0 Å². The maximum Gasteiger partial charge on any atom is 0.316 e. The second kappa shape index (κ2) is 8.41. The summed E-state index contributed by atoms with van der Waals surface area (Å²) in [6.45, 7) is 5.73. The van der Waals surface area contributed by atoms with E-state index in [4.69, 9.17) is 15.9 Å². The summed E-state index contributed by atoms with van der Waals surface area (Å²) in [5.41, 5.74) is 11.2. The Balaban J connectivity index is 0.000000178. The average Bonchev–Trinajstić information content (AvgIpc) is 3.34. The number of primary amides is 1. The molecule has 0 bridgehead atoms. The second-order valence-electron chi connectivity index (χ2n) is 7.89. The Bertz CT molecular complexity index is 874. The number of aryl methyl sites for hydroxylation is 1. The van der Waals surface area contributed by atoms with E-state index in [2.05, 4.69) is 12.2 Å². The molecule has 2 aliphatic carbocycles. The highest BCUT2D eigenvalue weighted by Crippen LogP contribution is 2.41. The average molecular weight is 421 g/mol. The van der Waals surface area contributed by atoms with Gasteiger partial charge in [-0.3, -0.25) is 10.1 Å². The van der Waals surface area contributed by atoms with Crippen molar-refractivity contribution < 1.29 is 9.90 Å². The monoisotopic (exact) mass is 420 g/mol. The van der Waals surface area contributed by atoms with E-state index in [1.54, 1.807) is 25.2 Å². The number of carbonyl (C=O) groups is 1. The fraction of sp³-hybridized carbons (Fsp3) is 0.500. The number of hydrogen-bond acceptors (Lipinski definition) is 6. The Hall–Kier alpha value is -1.61. The van der Waals surface area contributed by atoms with Crippen molar-refractivity contribution in [2.24, 2.45) is 10.9 Å². The standard InChI is InChI=1S/C13H17N3O.C7H11NOS2/c1-7-5-6-9-11(7)15-10-4-2-3-8(10)12(9)16-13(14)17;1-7(2,9)5-3-6(11-8)10-4-5/h7H,2-6H2,1H3,(H3,14,15,16,17);3-4,9H,8H2,1-2H3. The maximum atomic E-state index is 11.1. The van der Waals surface area contributed by atoms with Crippen molar-refractivity contribution in [2.45, 2.75) is 68.6 Å². The van der Waals surface area contributed by atoms with Crippen molar-refractivity contribution >= 4 is 35.0 Å². The molecule has 28 heavy (non-hydrogen) atoms. The van der Waals surface area contributed by atoms with Gasteiger partial charge in [0, 0.05) is 11.4 Å². The van der Waals surface area contributed by atoms with E-state index in [1.807, 2.05) is 11.4 Å². The number of aromatic nitrogens is 1. The number of urea groups is 1. The van der Waals surface area contributed by atoms with Crippen LogP contribution in [0.2, 0.25) is 0 Å². The first-order chi connectivity index (χ1) is 13.2. The molecule has 1 unspecified atom stereocenters. The predicted octanol–water partition coefficient (Wildman–Crippen LogP) is 4.05. The number of thiophene rings is 1. The smallest absolute Gasteiger partial charge is 0.316 e. The van der Waals surface area contributed by atoms with Crippen molar-refractivity contribution in [1.82, 2.24) is 4.98 Å². The molecule has 4 rings (SSSR count). The van der Waals surface area contributed by atoms with Gasteiger partial charge in [0.2, 0.25) is 0 Å². The molecular weight excluding hydrogens is 392 g/mol. The number of pyridine rings is 1. The number of hydrogen-bond donors (Lipinski definition) is 4. The van der Waals surface area contributed by atoms with Gasteiger partial charge in [-0.1, -0.05) is 6.92 Å². The van der Waals surface area contributed by atoms with Gasteiger partial charge in [-0.05, 0) is 92.0 Å². The molecule has 0 aromatic carbocycles. The summed E-state index contributed by atoms with van der Waals surface area (Å²) in [6, 6.07) is 1.45. The first kappa shape index (κ1) is 21.1. The molecule has 2 amide bonds. The van der Waals surface area contributed by atoms with Crippen LogP contribution in [0.5, 0.6) is 0 Å². The molecule has 1 atom stereocenters. The molecule has 2 aliphatic rings. The van der Waals surface area contributed by atoms with E-state index in [0.29, 0.717) is 5.92 Å². The van der Waals surface area contributed by atoms with Crippen LogP contribution in [0.15, 0.2) is 15.7 Å². The van der Waals surface area contributed by atoms with Crippen LogP contribution in [-0.2, 0) is 24.9 Å². The number of amides is 2. The quantitative estimate of drug-likeness (QED) is 0.559. The number of nitrogens with zero attached hydrogens (tertiary/aromatic N) is 1. The molecule has 0 saturated carbocycles. The van der Waals surface area contributed by atoms with Gasteiger partial charge in [0.15, 0.2) is 0 Å². The third-order valence-corrected chi connectivity index (χ3v) is 6.95. The van der Waals surface area contributed by atoms with Gasteiger partial charge in [-0.15, -0.1) is 11.3 Å². The summed E-state index contributed by atoms with van der Waals surface area (Å²) in [5, 5.41) is 19.7. The minimum Gasteiger partial charge on any atom is -0.386 e. The van der Waals surface area contributed by atoms with E-state index in [1.165, 1.54) is 34.5 Å². The van der Waals surface area contributed by atoms with Crippen LogP contribution >= 0.6 is 23.3 Å². The maximum absolute atomic E-state index is 11.1. The minimum atomic E-state index is -0.746. The van der Waals surface area contributed by atoms with E-state index in [0.717, 1.165) is 47.6 Å². The third-order valence-electron chi connectivity index (χ3n) is 5.30. The molecule has 152 valence electrons. The lowest BCUT2D eigenvalue weighted by Crippen LogP contribution is -2.21. The van der Waals surface area contributed by atoms with Crippen molar-refractivity contribution in [1.29, 1.82) is 0 Å². The summed E-state index contributed by atoms with van der Waals surface area (Å²) in [5.74, 6) is 0.504. The van der Waals surface area contributed by atoms with Crippen molar-refractivity contribution in [2.75, 3.05) is 5.32 Å². The molecule has 6 N–H and O–H groups in total. The van der Waals surface area contributed by atoms with Crippen LogP contribution in [0.25, 0.3) is 0 Å². The number of aliphatic hydroxyl groups is 1. The second-order valence-corrected chi connectivity index (χ2v) is 9.73. The van der Waals surface area contributed by atoms with Crippen molar-refractivity contribution in [3.63, 3.8) is 0 Å². The number of rotatable bonds is 3. The van der Waals surface area contributed by atoms with E-state index in [-0.39, 0.29) is 0 Å². The van der Waals surface area contributed by atoms with Gasteiger partial charge in [0.05, 0.1) is 15.5 Å². The Kier molecular flexibility index (Phi) is 6.34. The van der Waals surface area contributed by atoms with Crippen LogP contribution < -0.4 is 16.2 Å². The zero-order valence-electron chi connectivity index (χ0n) is 16.5. The molecule has 0 spiro atoms. The van der Waals surface area contributed by atoms with Crippen LogP contribution in [0, 0.1) is 0 Å². The van der Waals surface area contributed by atoms with Gasteiger partial charge >= 0.3 is 6.03 Å². The highest BCUT2D eigenvalue weighted by molar-refractivity contribution is 7.99. The Labute approximate surface area is 174 Å². The molecule has 0 aliphatic heterocycles. The van der Waals surface area contributed by atoms with Crippen LogP contribution in [0.4, 0.5) is 10.5 Å². The summed E-state index contributed by atoms with van der Waals surface area (Å²) < 4.78 is 1.03. The summed E-state index contributed by atoms with van der Waals surface area (Å²) in [6.07, 6.45) is 5.31. The highest BCUT2D eigenvalue weighted by Gasteiger charge is 2.29. The fourth-order valence-electron chi connectivity index (χ4n) is 3.78. The molecule has 2 aromatic heterocycles. The van der Waals surface area contributed by atoms with E-state index >= 15 is 0 Å². The molecule has 0 saturated heterocycles. The molecule has 2 heterocycles.